The first-order valence-electron chi connectivity index (χ1n) is 6.11. The molecule has 0 amide bonds. The maximum atomic E-state index is 11.1. The van der Waals surface area contributed by atoms with Gasteiger partial charge in [-0.1, -0.05) is 0 Å². The van der Waals surface area contributed by atoms with Crippen LogP contribution in [0.4, 0.5) is 0 Å². The molecule has 8 heteroatoms. The summed E-state index contributed by atoms with van der Waals surface area (Å²) < 4.78 is 47.0. The minimum absolute atomic E-state index is 0.226. The van der Waals surface area contributed by atoms with E-state index in [0.29, 0.717) is 12.3 Å². The normalized spacial score (nSPS) is 21.6. The van der Waals surface area contributed by atoms with E-state index < -0.39 is 15.7 Å². The molecular formula is C12H15NO6S. The Morgan fingerprint density at radius 2 is 2.20 bits per heavy atom. The molecule has 0 bridgehead atoms. The predicted molar refractivity (Wildman–Crippen MR) is 69.6 cm³/mol. The smallest absolute Gasteiger partial charge is 0.371 e. The summed E-state index contributed by atoms with van der Waals surface area (Å²) in [7, 11) is -0.951. The molecule has 1 N–H and O–H groups in total. The first-order chi connectivity index (χ1) is 9.40. The van der Waals surface area contributed by atoms with Crippen LogP contribution in [-0.4, -0.2) is 44.2 Å². The lowest BCUT2D eigenvalue weighted by Crippen LogP contribution is -2.28. The summed E-state index contributed by atoms with van der Waals surface area (Å²) in [5.74, 6) is 0.979. The van der Waals surface area contributed by atoms with Crippen LogP contribution >= 0.6 is 0 Å². The Labute approximate surface area is 116 Å². The third kappa shape index (κ3) is 2.09. The molecule has 0 spiro atoms. The fourth-order valence-corrected chi connectivity index (χ4v) is 2.97. The van der Waals surface area contributed by atoms with E-state index in [2.05, 4.69) is 4.90 Å². The highest BCUT2D eigenvalue weighted by Crippen LogP contribution is 2.48. The van der Waals surface area contributed by atoms with Gasteiger partial charge in [-0.2, -0.15) is 8.42 Å². The van der Waals surface area contributed by atoms with Gasteiger partial charge in [-0.05, 0) is 25.1 Å². The van der Waals surface area contributed by atoms with Gasteiger partial charge in [0.05, 0.1) is 7.11 Å². The van der Waals surface area contributed by atoms with E-state index in [1.165, 1.54) is 7.11 Å². The molecule has 0 aliphatic carbocycles. The Balaban J connectivity index is 2.08. The number of nitrogens with zero attached hydrogens (tertiary/aromatic N) is 1. The molecule has 0 aromatic heterocycles. The molecule has 7 nitrogen and oxygen atoms in total. The number of benzene rings is 1. The molecule has 1 aromatic carbocycles. The largest absolute Gasteiger partial charge is 0.492 e. The highest BCUT2D eigenvalue weighted by atomic mass is 32.2. The molecule has 2 aliphatic heterocycles. The molecule has 20 heavy (non-hydrogen) atoms. The lowest BCUT2D eigenvalue weighted by Gasteiger charge is -2.26. The number of methoxy groups -OCH3 is 1. The third-order valence-electron chi connectivity index (χ3n) is 3.47. The summed E-state index contributed by atoms with van der Waals surface area (Å²) in [6, 6.07) is 1.76. The molecule has 1 unspecified atom stereocenters. The van der Waals surface area contributed by atoms with Gasteiger partial charge in [-0.15, -0.1) is 0 Å². The predicted octanol–water partition coefficient (Wildman–Crippen LogP) is 0.626. The van der Waals surface area contributed by atoms with Crippen molar-refractivity contribution in [2.24, 2.45) is 0 Å². The molecule has 2 heterocycles. The van der Waals surface area contributed by atoms with Gasteiger partial charge in [0.1, 0.15) is 0 Å². The average Bonchev–Trinajstić information content (AvgIpc) is 2.79. The van der Waals surface area contributed by atoms with Gasteiger partial charge in [-0.3, -0.25) is 4.55 Å². The first-order valence-corrected chi connectivity index (χ1v) is 7.61. The molecule has 0 fully saturated rings. The SMILES string of the molecule is COc1c2c(cc3c1OC(S(=O)(=O)O)O3)CCN(C)C2. The summed E-state index contributed by atoms with van der Waals surface area (Å²) in [5, 5.41) is 0. The van der Waals surface area contributed by atoms with Crippen LogP contribution < -0.4 is 14.2 Å². The van der Waals surface area contributed by atoms with E-state index in [9.17, 15) is 8.42 Å². The van der Waals surface area contributed by atoms with Crippen LogP contribution in [0.3, 0.4) is 0 Å². The fraction of sp³-hybridized carbons (Fsp3) is 0.500. The zero-order chi connectivity index (χ0) is 14.5. The second kappa shape index (κ2) is 4.51. The molecule has 2 aliphatic rings. The molecule has 110 valence electrons. The molecule has 0 saturated heterocycles. The Bertz CT molecular complexity index is 656. The summed E-state index contributed by atoms with van der Waals surface area (Å²) >= 11 is 0. The van der Waals surface area contributed by atoms with Gasteiger partial charge in [0, 0.05) is 18.7 Å². The molecule has 1 aromatic rings. The van der Waals surface area contributed by atoms with Gasteiger partial charge in [0.15, 0.2) is 11.5 Å². The van der Waals surface area contributed by atoms with Crippen molar-refractivity contribution >= 4 is 10.1 Å². The van der Waals surface area contributed by atoms with E-state index in [4.69, 9.17) is 18.8 Å². The van der Waals surface area contributed by atoms with Crippen LogP contribution in [-0.2, 0) is 23.1 Å². The van der Waals surface area contributed by atoms with Crippen LogP contribution in [0.2, 0.25) is 0 Å². The second-order valence-electron chi connectivity index (χ2n) is 4.90. The molecule has 3 rings (SSSR count). The second-order valence-corrected chi connectivity index (χ2v) is 6.32. The van der Waals surface area contributed by atoms with Crippen molar-refractivity contribution in [2.45, 2.75) is 18.6 Å². The number of ether oxygens (including phenoxy) is 3. The number of likely N-dealkylation sites (N-methyl/N-ethyl adjacent to an activating group) is 1. The maximum Gasteiger partial charge on any atom is 0.371 e. The van der Waals surface area contributed by atoms with Crippen molar-refractivity contribution in [2.75, 3.05) is 20.7 Å². The highest BCUT2D eigenvalue weighted by molar-refractivity contribution is 7.86. The van der Waals surface area contributed by atoms with E-state index in [-0.39, 0.29) is 11.5 Å². The van der Waals surface area contributed by atoms with Crippen LogP contribution in [0.5, 0.6) is 17.2 Å². The number of hydrogen-bond acceptors (Lipinski definition) is 6. The lowest BCUT2D eigenvalue weighted by molar-refractivity contribution is 0.112. The Morgan fingerprint density at radius 3 is 2.85 bits per heavy atom. The van der Waals surface area contributed by atoms with Gasteiger partial charge in [0.25, 0.3) is 0 Å². The average molecular weight is 301 g/mol. The summed E-state index contributed by atoms with van der Waals surface area (Å²) in [6.07, 6.45) is 0.815. The summed E-state index contributed by atoms with van der Waals surface area (Å²) in [5.41, 5.74) is 0.269. The van der Waals surface area contributed by atoms with Crippen LogP contribution in [0.15, 0.2) is 6.07 Å². The number of hydrogen-bond donors (Lipinski definition) is 1. The molecule has 1 atom stereocenters. The standard InChI is InChI=1S/C12H15NO6S/c1-13-4-3-7-5-9-11(10(17-2)8(7)6-13)19-12(18-9)20(14,15)16/h5,12H,3-4,6H2,1-2H3,(H,14,15,16). The van der Waals surface area contributed by atoms with Gasteiger partial charge in [0.2, 0.25) is 5.75 Å². The molecule has 0 radical (unpaired) electrons. The van der Waals surface area contributed by atoms with E-state index in [1.807, 2.05) is 7.05 Å². The van der Waals surface area contributed by atoms with Crippen LogP contribution in [0.1, 0.15) is 11.1 Å². The fourth-order valence-electron chi connectivity index (χ4n) is 2.52. The minimum Gasteiger partial charge on any atom is -0.492 e. The summed E-state index contributed by atoms with van der Waals surface area (Å²) in [4.78, 5) is 2.13. The van der Waals surface area contributed by atoms with Gasteiger partial charge < -0.3 is 19.1 Å². The first kappa shape index (κ1) is 13.5. The van der Waals surface area contributed by atoms with Crippen molar-refractivity contribution in [3.8, 4) is 17.2 Å². The zero-order valence-electron chi connectivity index (χ0n) is 11.1. The van der Waals surface area contributed by atoms with E-state index >= 15 is 0 Å². The Kier molecular flexibility index (Phi) is 3.03. The van der Waals surface area contributed by atoms with Crippen molar-refractivity contribution in [3.63, 3.8) is 0 Å². The van der Waals surface area contributed by atoms with Crippen molar-refractivity contribution < 1.29 is 27.2 Å². The van der Waals surface area contributed by atoms with E-state index in [0.717, 1.165) is 24.1 Å². The quantitative estimate of drug-likeness (QED) is 0.802. The Hall–Kier alpha value is -1.51. The third-order valence-corrected chi connectivity index (χ3v) is 4.15. The number of fused-ring (bicyclic) bond motifs is 2. The molecular weight excluding hydrogens is 286 g/mol. The van der Waals surface area contributed by atoms with E-state index in [1.54, 1.807) is 6.07 Å². The number of rotatable bonds is 2. The molecule has 0 saturated carbocycles. The van der Waals surface area contributed by atoms with Crippen molar-refractivity contribution in [3.05, 3.63) is 17.2 Å². The van der Waals surface area contributed by atoms with Crippen molar-refractivity contribution in [1.82, 2.24) is 4.90 Å². The monoisotopic (exact) mass is 301 g/mol. The van der Waals surface area contributed by atoms with Crippen LogP contribution in [0, 0.1) is 0 Å². The minimum atomic E-state index is -4.44. The van der Waals surface area contributed by atoms with Gasteiger partial charge >= 0.3 is 15.7 Å². The lowest BCUT2D eigenvalue weighted by atomic mass is 9.98. The Morgan fingerprint density at radius 1 is 1.45 bits per heavy atom. The van der Waals surface area contributed by atoms with Gasteiger partial charge in [-0.25, -0.2) is 0 Å². The zero-order valence-corrected chi connectivity index (χ0v) is 11.9. The highest BCUT2D eigenvalue weighted by Gasteiger charge is 2.39. The van der Waals surface area contributed by atoms with Crippen LogP contribution in [0.25, 0.3) is 0 Å². The van der Waals surface area contributed by atoms with Crippen molar-refractivity contribution in [1.29, 1.82) is 0 Å². The maximum absolute atomic E-state index is 11.1. The topological polar surface area (TPSA) is 85.3 Å². The summed E-state index contributed by atoms with van der Waals surface area (Å²) in [6.45, 7) is 1.59.